The Labute approximate surface area is 298 Å². The number of rotatable bonds is 3. The van der Waals surface area contributed by atoms with Crippen LogP contribution in [0, 0.1) is 0 Å². The van der Waals surface area contributed by atoms with E-state index in [1.165, 1.54) is 82.2 Å². The third kappa shape index (κ3) is 3.70. The zero-order valence-corrected chi connectivity index (χ0v) is 28.0. The summed E-state index contributed by atoms with van der Waals surface area (Å²) in [7, 11) is 0. The number of hydrogen-bond donors (Lipinski definition) is 0. The lowest BCUT2D eigenvalue weighted by Gasteiger charge is -2.12. The van der Waals surface area contributed by atoms with Crippen LogP contribution in [0.5, 0.6) is 0 Å². The molecule has 11 aromatic rings. The van der Waals surface area contributed by atoms with Crippen molar-refractivity contribution in [2.45, 2.75) is 0 Å². The summed E-state index contributed by atoms with van der Waals surface area (Å²) in [6, 6.07) is 59.3. The van der Waals surface area contributed by atoms with Crippen molar-refractivity contribution in [2.75, 3.05) is 0 Å². The molecule has 240 valence electrons. The fourth-order valence-corrected chi connectivity index (χ4v) is 8.84. The van der Waals surface area contributed by atoms with Crippen molar-refractivity contribution >= 4 is 65.3 Å². The molecule has 0 saturated heterocycles. The van der Waals surface area contributed by atoms with Crippen LogP contribution < -0.4 is 0 Å². The van der Waals surface area contributed by atoms with Crippen molar-refractivity contribution < 1.29 is 0 Å². The van der Waals surface area contributed by atoms with Crippen molar-refractivity contribution in [1.29, 1.82) is 0 Å². The molecule has 0 aliphatic heterocycles. The van der Waals surface area contributed by atoms with Crippen LogP contribution in [0.15, 0.2) is 170 Å². The van der Waals surface area contributed by atoms with E-state index in [4.69, 9.17) is 9.97 Å². The number of aromatic nitrogens is 4. The molecule has 0 bridgehead atoms. The summed E-state index contributed by atoms with van der Waals surface area (Å²) < 4.78 is 4.74. The second-order valence-corrected chi connectivity index (χ2v) is 13.8. The van der Waals surface area contributed by atoms with Crippen LogP contribution in [0.3, 0.4) is 0 Å². The molecule has 0 amide bonds. The first-order valence-corrected chi connectivity index (χ1v) is 17.7. The van der Waals surface area contributed by atoms with E-state index in [2.05, 4.69) is 167 Å². The van der Waals surface area contributed by atoms with E-state index in [9.17, 15) is 0 Å². The summed E-state index contributed by atoms with van der Waals surface area (Å²) >= 11 is 0. The average molecular weight is 661 g/mol. The van der Waals surface area contributed by atoms with Crippen LogP contribution in [0.4, 0.5) is 0 Å². The summed E-state index contributed by atoms with van der Waals surface area (Å²) in [4.78, 5) is 10.2. The zero-order chi connectivity index (χ0) is 33.9. The molecule has 0 spiro atoms. The first-order chi connectivity index (χ1) is 25.8. The van der Waals surface area contributed by atoms with Gasteiger partial charge in [-0.2, -0.15) is 0 Å². The van der Waals surface area contributed by atoms with Gasteiger partial charge in [0.25, 0.3) is 0 Å². The molecule has 0 atom stereocenters. The first-order valence-electron chi connectivity index (χ1n) is 17.7. The summed E-state index contributed by atoms with van der Waals surface area (Å²) in [6.45, 7) is 0. The Kier molecular flexibility index (Phi) is 5.47. The van der Waals surface area contributed by atoms with Crippen molar-refractivity contribution in [3.63, 3.8) is 0 Å². The van der Waals surface area contributed by atoms with Crippen molar-refractivity contribution in [2.24, 2.45) is 0 Å². The number of nitrogens with zero attached hydrogens (tertiary/aromatic N) is 4. The SMILES string of the molecule is c1ccc(-n2c3ccccc3c3cc(-c4ccc5c(c4)c4ccc6ccccc6c4n5-c4cc5c6c(cccc6n4)-c4cccnc4-5)ccc32)cc1. The van der Waals surface area contributed by atoms with Gasteiger partial charge >= 0.3 is 0 Å². The molecule has 0 saturated carbocycles. The summed E-state index contributed by atoms with van der Waals surface area (Å²) in [5, 5.41) is 8.51. The number of fused-ring (bicyclic) bond motifs is 11. The van der Waals surface area contributed by atoms with E-state index in [0.29, 0.717) is 0 Å². The third-order valence-electron chi connectivity index (χ3n) is 11.1. The van der Waals surface area contributed by atoms with Gasteiger partial charge in [0.1, 0.15) is 5.82 Å². The van der Waals surface area contributed by atoms with Crippen LogP contribution in [0.25, 0.3) is 110 Å². The van der Waals surface area contributed by atoms with Gasteiger partial charge in [0.15, 0.2) is 0 Å². The maximum atomic E-state index is 5.37. The van der Waals surface area contributed by atoms with E-state index < -0.39 is 0 Å². The van der Waals surface area contributed by atoms with E-state index in [1.54, 1.807) is 0 Å². The maximum Gasteiger partial charge on any atom is 0.139 e. The topological polar surface area (TPSA) is 35.6 Å². The fraction of sp³-hybridized carbons (Fsp3) is 0. The number of para-hydroxylation sites is 2. The summed E-state index contributed by atoms with van der Waals surface area (Å²) in [6.07, 6.45) is 1.89. The molecule has 0 radical (unpaired) electrons. The number of pyridine rings is 2. The second-order valence-electron chi connectivity index (χ2n) is 13.8. The monoisotopic (exact) mass is 660 g/mol. The second kappa shape index (κ2) is 10.3. The highest BCUT2D eigenvalue weighted by atomic mass is 15.1. The van der Waals surface area contributed by atoms with Gasteiger partial charge in [-0.05, 0) is 82.7 Å². The van der Waals surface area contributed by atoms with Crippen LogP contribution in [0.2, 0.25) is 0 Å². The molecule has 0 unspecified atom stereocenters. The van der Waals surface area contributed by atoms with Gasteiger partial charge in [0.2, 0.25) is 0 Å². The van der Waals surface area contributed by atoms with Crippen molar-refractivity contribution in [1.82, 2.24) is 19.1 Å². The van der Waals surface area contributed by atoms with Gasteiger partial charge in [-0.25, -0.2) is 4.98 Å². The molecule has 4 nitrogen and oxygen atoms in total. The lowest BCUT2D eigenvalue weighted by molar-refractivity contribution is 1.11. The van der Waals surface area contributed by atoms with E-state index in [0.717, 1.165) is 28.1 Å². The summed E-state index contributed by atoms with van der Waals surface area (Å²) in [5.74, 6) is 0.900. The highest BCUT2D eigenvalue weighted by Crippen LogP contribution is 2.47. The van der Waals surface area contributed by atoms with Crippen LogP contribution in [-0.2, 0) is 0 Å². The van der Waals surface area contributed by atoms with Gasteiger partial charge in [-0.15, -0.1) is 0 Å². The van der Waals surface area contributed by atoms with Gasteiger partial charge < -0.3 is 4.57 Å². The molecule has 4 heteroatoms. The Morgan fingerprint density at radius 2 is 1.13 bits per heavy atom. The molecule has 1 aliphatic carbocycles. The van der Waals surface area contributed by atoms with Crippen molar-refractivity contribution in [3.05, 3.63) is 170 Å². The third-order valence-corrected chi connectivity index (χ3v) is 11.1. The van der Waals surface area contributed by atoms with E-state index in [-0.39, 0.29) is 0 Å². The molecule has 4 aromatic heterocycles. The normalized spacial score (nSPS) is 12.2. The smallest absolute Gasteiger partial charge is 0.139 e. The van der Waals surface area contributed by atoms with Gasteiger partial charge in [-0.3, -0.25) is 9.55 Å². The fourth-order valence-electron chi connectivity index (χ4n) is 8.84. The molecular weight excluding hydrogens is 633 g/mol. The Bertz CT molecular complexity index is 3290. The van der Waals surface area contributed by atoms with Crippen molar-refractivity contribution in [3.8, 4) is 45.0 Å². The molecule has 0 N–H and O–H groups in total. The predicted octanol–water partition coefficient (Wildman–Crippen LogP) is 12.3. The minimum absolute atomic E-state index is 0.900. The maximum absolute atomic E-state index is 5.37. The standard InChI is InChI=1S/C48H28N4/c1-2-11-32(12-3-1)51-42-18-7-6-14-34(42)38-26-30(20-23-43(38)51)31-21-24-44-39(27-31)37-22-19-29-10-4-5-13-33(29)48(37)52(44)45-28-40-46-35(15-8-17-41(46)50-45)36-16-9-25-49-47(36)40/h1-28H. The van der Waals surface area contributed by atoms with Gasteiger partial charge in [0, 0.05) is 55.3 Å². The molecule has 1 aliphatic rings. The lowest BCUT2D eigenvalue weighted by Crippen LogP contribution is -1.99. The molecule has 4 heterocycles. The number of hydrogen-bond acceptors (Lipinski definition) is 2. The first kappa shape index (κ1) is 27.7. The Morgan fingerprint density at radius 3 is 2.00 bits per heavy atom. The predicted molar refractivity (Wildman–Crippen MR) is 216 cm³/mol. The Morgan fingerprint density at radius 1 is 0.423 bits per heavy atom. The lowest BCUT2D eigenvalue weighted by atomic mass is 10.00. The molecule has 12 rings (SSSR count). The Hall–Kier alpha value is -7.04. The highest BCUT2D eigenvalue weighted by Gasteiger charge is 2.25. The minimum Gasteiger partial charge on any atom is -0.309 e. The molecule has 0 fully saturated rings. The van der Waals surface area contributed by atoms with Crippen LogP contribution >= 0.6 is 0 Å². The quantitative estimate of drug-likeness (QED) is 0.189. The van der Waals surface area contributed by atoms with E-state index in [1.807, 2.05) is 12.3 Å². The van der Waals surface area contributed by atoms with Gasteiger partial charge in [-0.1, -0.05) is 103 Å². The minimum atomic E-state index is 0.900. The van der Waals surface area contributed by atoms with Crippen LogP contribution in [-0.4, -0.2) is 19.1 Å². The molecule has 52 heavy (non-hydrogen) atoms. The number of benzene rings is 7. The largest absolute Gasteiger partial charge is 0.309 e. The zero-order valence-electron chi connectivity index (χ0n) is 28.0. The highest BCUT2D eigenvalue weighted by molar-refractivity contribution is 6.20. The molecule has 7 aromatic carbocycles. The summed E-state index contributed by atoms with van der Waals surface area (Å²) in [5.41, 5.74) is 13.8. The Balaban J connectivity index is 1.12. The average Bonchev–Trinajstić information content (AvgIpc) is 3.84. The van der Waals surface area contributed by atoms with E-state index >= 15 is 0 Å². The van der Waals surface area contributed by atoms with Gasteiger partial charge in [0.05, 0.1) is 33.3 Å². The molecular formula is C48H28N4. The van der Waals surface area contributed by atoms with Crippen LogP contribution in [0.1, 0.15) is 0 Å².